The van der Waals surface area contributed by atoms with E-state index in [9.17, 15) is 9.59 Å². The maximum Gasteiger partial charge on any atom is 0.331 e. The molecule has 0 aromatic carbocycles. The van der Waals surface area contributed by atoms with Crippen molar-refractivity contribution in [3.8, 4) is 0 Å². The van der Waals surface area contributed by atoms with Crippen LogP contribution in [0.2, 0.25) is 0 Å². The molecule has 0 aliphatic carbocycles. The first-order valence-electron chi connectivity index (χ1n) is 6.73. The van der Waals surface area contributed by atoms with Gasteiger partial charge in [-0.15, -0.1) is 12.4 Å². The summed E-state index contributed by atoms with van der Waals surface area (Å²) in [5.74, 6) is 0. The molecule has 0 radical (unpaired) electrons. The van der Waals surface area contributed by atoms with Gasteiger partial charge in [-0.25, -0.2) is 4.79 Å². The molecule has 0 bridgehead atoms. The lowest BCUT2D eigenvalue weighted by Gasteiger charge is -2.12. The van der Waals surface area contributed by atoms with Gasteiger partial charge in [0.05, 0.1) is 0 Å². The highest BCUT2D eigenvalue weighted by Crippen LogP contribution is 1.98. The van der Waals surface area contributed by atoms with E-state index >= 15 is 0 Å². The lowest BCUT2D eigenvalue weighted by Crippen LogP contribution is -2.40. The predicted molar refractivity (Wildman–Crippen MR) is 81.6 cm³/mol. The summed E-state index contributed by atoms with van der Waals surface area (Å²) < 4.78 is 2.95. The summed E-state index contributed by atoms with van der Waals surface area (Å²) >= 11 is 0. The largest absolute Gasteiger partial charge is 0.379 e. The van der Waals surface area contributed by atoms with E-state index in [2.05, 4.69) is 5.32 Å². The van der Waals surface area contributed by atoms with Crippen molar-refractivity contribution in [3.05, 3.63) is 27.0 Å². The fourth-order valence-corrected chi connectivity index (χ4v) is 1.86. The summed E-state index contributed by atoms with van der Waals surface area (Å²) in [7, 11) is 0. The molecule has 1 aromatic rings. The SMILES string of the molecule is CCCNc1cn(CCC)c(=O)n(CCC)c1=O.Cl. The molecule has 0 atom stereocenters. The van der Waals surface area contributed by atoms with Gasteiger partial charge in [0.25, 0.3) is 5.56 Å². The van der Waals surface area contributed by atoms with E-state index in [0.717, 1.165) is 25.8 Å². The molecule has 0 saturated carbocycles. The lowest BCUT2D eigenvalue weighted by molar-refractivity contribution is 0.542. The Morgan fingerprint density at radius 3 is 2.21 bits per heavy atom. The highest BCUT2D eigenvalue weighted by Gasteiger charge is 2.09. The Hall–Kier alpha value is -1.23. The normalized spacial score (nSPS) is 10.1. The molecule has 0 spiro atoms. The molecule has 0 fully saturated rings. The van der Waals surface area contributed by atoms with Gasteiger partial charge in [0.15, 0.2) is 0 Å². The van der Waals surface area contributed by atoms with Crippen LogP contribution in [0.3, 0.4) is 0 Å². The number of aryl methyl sites for hydroxylation is 1. The number of nitrogens with one attached hydrogen (secondary N) is 1. The van der Waals surface area contributed by atoms with Gasteiger partial charge in [0, 0.05) is 25.8 Å². The zero-order chi connectivity index (χ0) is 13.5. The second-order valence-electron chi connectivity index (χ2n) is 4.40. The molecular weight excluding hydrogens is 266 g/mol. The molecule has 0 aliphatic heterocycles. The topological polar surface area (TPSA) is 56.0 Å². The summed E-state index contributed by atoms with van der Waals surface area (Å²) in [6.45, 7) is 7.88. The van der Waals surface area contributed by atoms with Crippen molar-refractivity contribution in [1.29, 1.82) is 0 Å². The van der Waals surface area contributed by atoms with Crippen LogP contribution >= 0.6 is 12.4 Å². The third kappa shape index (κ3) is 4.42. The van der Waals surface area contributed by atoms with Crippen molar-refractivity contribution in [3.63, 3.8) is 0 Å². The Bertz CT molecular complexity index is 494. The molecule has 1 aromatic heterocycles. The molecule has 5 nitrogen and oxygen atoms in total. The van der Waals surface area contributed by atoms with E-state index in [0.29, 0.717) is 18.8 Å². The van der Waals surface area contributed by atoms with Gasteiger partial charge >= 0.3 is 5.69 Å². The smallest absolute Gasteiger partial charge is 0.331 e. The number of aromatic nitrogens is 2. The molecule has 110 valence electrons. The number of nitrogens with zero attached hydrogens (tertiary/aromatic N) is 2. The number of anilines is 1. The standard InChI is InChI=1S/C13H23N3O2.ClH/c1-4-7-14-11-10-15(8-5-2)13(18)16(9-6-3)12(11)17;/h10,14H,4-9H2,1-3H3;1H. The molecule has 19 heavy (non-hydrogen) atoms. The first kappa shape index (κ1) is 17.8. The van der Waals surface area contributed by atoms with E-state index in [-0.39, 0.29) is 23.7 Å². The van der Waals surface area contributed by atoms with Gasteiger partial charge in [0.2, 0.25) is 0 Å². The second kappa shape index (κ2) is 8.80. The van der Waals surface area contributed by atoms with Crippen LogP contribution in [0, 0.1) is 0 Å². The van der Waals surface area contributed by atoms with Crippen LogP contribution in [0.15, 0.2) is 15.8 Å². The van der Waals surface area contributed by atoms with Crippen molar-refractivity contribution in [2.24, 2.45) is 0 Å². The second-order valence-corrected chi connectivity index (χ2v) is 4.40. The van der Waals surface area contributed by atoms with Crippen LogP contribution in [0.5, 0.6) is 0 Å². The zero-order valence-corrected chi connectivity index (χ0v) is 12.8. The van der Waals surface area contributed by atoms with Crippen LogP contribution in [0.1, 0.15) is 40.0 Å². The van der Waals surface area contributed by atoms with E-state index in [1.54, 1.807) is 10.8 Å². The minimum Gasteiger partial charge on any atom is -0.379 e. The summed E-state index contributed by atoms with van der Waals surface area (Å²) in [6.07, 6.45) is 4.24. The molecular formula is C13H24ClN3O2. The van der Waals surface area contributed by atoms with Crippen LogP contribution in [0.4, 0.5) is 5.69 Å². The third-order valence-electron chi connectivity index (χ3n) is 2.71. The van der Waals surface area contributed by atoms with Crippen molar-refractivity contribution in [2.45, 2.75) is 53.1 Å². The molecule has 0 unspecified atom stereocenters. The van der Waals surface area contributed by atoms with E-state index in [4.69, 9.17) is 0 Å². The molecule has 1 heterocycles. The lowest BCUT2D eigenvalue weighted by atomic mass is 10.4. The number of hydrogen-bond donors (Lipinski definition) is 1. The van der Waals surface area contributed by atoms with Crippen LogP contribution in [-0.4, -0.2) is 15.7 Å². The maximum absolute atomic E-state index is 12.1. The average molecular weight is 290 g/mol. The molecule has 1 N–H and O–H groups in total. The fourth-order valence-electron chi connectivity index (χ4n) is 1.86. The fraction of sp³-hybridized carbons (Fsp3) is 0.692. The summed E-state index contributed by atoms with van der Waals surface area (Å²) in [5.41, 5.74) is 0.117. The van der Waals surface area contributed by atoms with Crippen molar-refractivity contribution in [1.82, 2.24) is 9.13 Å². The number of rotatable bonds is 7. The van der Waals surface area contributed by atoms with Gasteiger partial charge in [-0.3, -0.25) is 13.9 Å². The van der Waals surface area contributed by atoms with E-state index < -0.39 is 0 Å². The molecule has 6 heteroatoms. The minimum atomic E-state index is -0.206. The predicted octanol–water partition coefficient (Wildman–Crippen LogP) is 2.07. The Morgan fingerprint density at radius 1 is 1.05 bits per heavy atom. The van der Waals surface area contributed by atoms with Crippen LogP contribution < -0.4 is 16.6 Å². The maximum atomic E-state index is 12.1. The van der Waals surface area contributed by atoms with E-state index in [1.807, 2.05) is 20.8 Å². The van der Waals surface area contributed by atoms with Crippen molar-refractivity contribution < 1.29 is 0 Å². The van der Waals surface area contributed by atoms with Gasteiger partial charge in [-0.2, -0.15) is 0 Å². The summed E-state index contributed by atoms with van der Waals surface area (Å²) in [4.78, 5) is 24.2. The Labute approximate surface area is 120 Å². The summed E-state index contributed by atoms with van der Waals surface area (Å²) in [5, 5.41) is 3.09. The van der Waals surface area contributed by atoms with Gasteiger partial charge < -0.3 is 5.32 Å². The monoisotopic (exact) mass is 289 g/mol. The van der Waals surface area contributed by atoms with Crippen LogP contribution in [0.25, 0.3) is 0 Å². The molecule has 1 rings (SSSR count). The number of hydrogen-bond acceptors (Lipinski definition) is 3. The molecule has 0 aliphatic rings. The quantitative estimate of drug-likeness (QED) is 0.836. The van der Waals surface area contributed by atoms with Crippen molar-refractivity contribution >= 4 is 18.1 Å². The Morgan fingerprint density at radius 2 is 1.68 bits per heavy atom. The highest BCUT2D eigenvalue weighted by atomic mass is 35.5. The molecule has 0 saturated heterocycles. The van der Waals surface area contributed by atoms with E-state index in [1.165, 1.54) is 4.57 Å². The minimum absolute atomic E-state index is 0. The first-order valence-corrected chi connectivity index (χ1v) is 6.73. The number of halogens is 1. The Kier molecular flexibility index (Phi) is 8.23. The highest BCUT2D eigenvalue weighted by molar-refractivity contribution is 5.85. The van der Waals surface area contributed by atoms with Gasteiger partial charge in [-0.1, -0.05) is 20.8 Å². The first-order chi connectivity index (χ1) is 8.65. The molecule has 0 amide bonds. The van der Waals surface area contributed by atoms with Gasteiger partial charge in [0.1, 0.15) is 5.69 Å². The van der Waals surface area contributed by atoms with Crippen molar-refractivity contribution in [2.75, 3.05) is 11.9 Å². The zero-order valence-electron chi connectivity index (χ0n) is 11.9. The summed E-state index contributed by atoms with van der Waals surface area (Å²) in [6, 6.07) is 0. The third-order valence-corrected chi connectivity index (χ3v) is 2.71. The van der Waals surface area contributed by atoms with Crippen LogP contribution in [-0.2, 0) is 13.1 Å². The van der Waals surface area contributed by atoms with Gasteiger partial charge in [-0.05, 0) is 19.3 Å². The average Bonchev–Trinajstić information content (AvgIpc) is 2.36. The Balaban J connectivity index is 0.00000324.